The van der Waals surface area contributed by atoms with E-state index in [1.165, 1.54) is 4.90 Å². The number of carbonyl (C=O) groups is 2. The minimum atomic E-state index is -0.990. The highest BCUT2D eigenvalue weighted by atomic mass is 35.5. The van der Waals surface area contributed by atoms with Gasteiger partial charge in [-0.25, -0.2) is 4.79 Å². The van der Waals surface area contributed by atoms with E-state index in [4.69, 9.17) is 16.3 Å². The van der Waals surface area contributed by atoms with Crippen molar-refractivity contribution >= 4 is 23.5 Å². The number of aliphatic carboxylic acids is 1. The second-order valence-electron chi connectivity index (χ2n) is 7.49. The van der Waals surface area contributed by atoms with E-state index in [2.05, 4.69) is 0 Å². The minimum absolute atomic E-state index is 0.295. The number of para-hydroxylation sites is 1. The van der Waals surface area contributed by atoms with Gasteiger partial charge in [0.2, 0.25) is 0 Å². The Balaban J connectivity index is 1.65. The summed E-state index contributed by atoms with van der Waals surface area (Å²) in [6.07, 6.45) is 0.997. The van der Waals surface area contributed by atoms with Crippen molar-refractivity contribution in [1.29, 1.82) is 0 Å². The first kappa shape index (κ1) is 20.9. The fourth-order valence-electron chi connectivity index (χ4n) is 4.17. The zero-order valence-electron chi connectivity index (χ0n) is 17.0. The fourth-order valence-corrected chi connectivity index (χ4v) is 4.30. The molecule has 0 radical (unpaired) electrons. The monoisotopic (exact) mass is 435 g/mol. The second kappa shape index (κ2) is 8.82. The minimum Gasteiger partial charge on any atom is -0.496 e. The molecule has 1 aliphatic rings. The van der Waals surface area contributed by atoms with Gasteiger partial charge in [-0.15, -0.1) is 0 Å². The predicted molar refractivity (Wildman–Crippen MR) is 119 cm³/mol. The molecule has 1 N–H and O–H groups in total. The van der Waals surface area contributed by atoms with E-state index in [0.717, 1.165) is 22.4 Å². The lowest BCUT2D eigenvalue weighted by Crippen LogP contribution is -2.41. The number of likely N-dealkylation sites (tertiary alicyclic amines) is 1. The molecule has 158 valence electrons. The Morgan fingerprint density at radius 3 is 2.29 bits per heavy atom. The van der Waals surface area contributed by atoms with E-state index >= 15 is 0 Å². The number of hydrogen-bond donors (Lipinski definition) is 1. The smallest absolute Gasteiger partial charge is 0.326 e. The third-order valence-electron chi connectivity index (χ3n) is 5.71. The van der Waals surface area contributed by atoms with Gasteiger partial charge in [0.15, 0.2) is 0 Å². The van der Waals surface area contributed by atoms with Gasteiger partial charge in [-0.05, 0) is 54.3 Å². The maximum Gasteiger partial charge on any atom is 0.326 e. The van der Waals surface area contributed by atoms with Gasteiger partial charge in [0.05, 0.1) is 13.2 Å². The van der Waals surface area contributed by atoms with Gasteiger partial charge >= 0.3 is 5.97 Å². The van der Waals surface area contributed by atoms with Crippen LogP contribution in [0.15, 0.2) is 72.8 Å². The van der Waals surface area contributed by atoms with Crippen molar-refractivity contribution in [3.8, 4) is 16.9 Å². The first-order valence-electron chi connectivity index (χ1n) is 10.0. The van der Waals surface area contributed by atoms with Crippen LogP contribution >= 0.6 is 11.6 Å². The SMILES string of the molecule is COc1ccccc1-c1ccc(C(=O)N2[C@@H](c3ccc(Cl)cc3)CC[C@H]2C(=O)O)cc1. The normalized spacial score (nSPS) is 18.1. The Bertz CT molecular complexity index is 1100. The number of carboxylic acid groups (broad SMARTS) is 1. The summed E-state index contributed by atoms with van der Waals surface area (Å²) >= 11 is 6.00. The van der Waals surface area contributed by atoms with E-state index in [1.54, 1.807) is 31.4 Å². The van der Waals surface area contributed by atoms with Crippen molar-refractivity contribution < 1.29 is 19.4 Å². The fraction of sp³-hybridized carbons (Fsp3) is 0.200. The molecule has 1 fully saturated rings. The molecule has 0 bridgehead atoms. The van der Waals surface area contributed by atoms with E-state index in [-0.39, 0.29) is 11.9 Å². The third-order valence-corrected chi connectivity index (χ3v) is 5.96. The molecule has 3 aromatic carbocycles. The van der Waals surface area contributed by atoms with Crippen molar-refractivity contribution in [3.05, 3.63) is 88.9 Å². The van der Waals surface area contributed by atoms with Gasteiger partial charge < -0.3 is 14.7 Å². The summed E-state index contributed by atoms with van der Waals surface area (Å²) < 4.78 is 5.42. The van der Waals surface area contributed by atoms with Crippen LogP contribution in [0.5, 0.6) is 5.75 Å². The summed E-state index contributed by atoms with van der Waals surface area (Å²) in [5.74, 6) is -0.540. The molecule has 1 aliphatic heterocycles. The number of halogens is 1. The highest BCUT2D eigenvalue weighted by Gasteiger charge is 2.41. The number of hydrogen-bond acceptors (Lipinski definition) is 3. The van der Waals surface area contributed by atoms with Crippen LogP contribution in [-0.4, -0.2) is 35.0 Å². The molecule has 31 heavy (non-hydrogen) atoms. The molecule has 1 amide bonds. The van der Waals surface area contributed by atoms with Crippen LogP contribution in [0.1, 0.15) is 34.8 Å². The number of amides is 1. The average molecular weight is 436 g/mol. The first-order valence-corrected chi connectivity index (χ1v) is 10.4. The van der Waals surface area contributed by atoms with Gasteiger partial charge in [-0.3, -0.25) is 4.79 Å². The summed E-state index contributed by atoms with van der Waals surface area (Å²) in [6, 6.07) is 20.9. The van der Waals surface area contributed by atoms with Crippen molar-refractivity contribution in [2.75, 3.05) is 7.11 Å². The quantitative estimate of drug-likeness (QED) is 0.579. The topological polar surface area (TPSA) is 66.8 Å². The number of methoxy groups -OCH3 is 1. The number of nitrogens with zero attached hydrogens (tertiary/aromatic N) is 1. The van der Waals surface area contributed by atoms with Crippen molar-refractivity contribution in [2.24, 2.45) is 0 Å². The number of carbonyl (C=O) groups excluding carboxylic acids is 1. The standard InChI is InChI=1S/C25H22ClNO4/c1-31-23-5-3-2-4-20(23)16-6-8-18(9-7-16)24(28)27-21(14-15-22(27)25(29)30)17-10-12-19(26)13-11-17/h2-13,21-22H,14-15H2,1H3,(H,29,30)/t21-,22+/m1/s1. The predicted octanol–water partition coefficient (Wildman–Crippen LogP) is 5.45. The first-order chi connectivity index (χ1) is 15.0. The molecular formula is C25H22ClNO4. The van der Waals surface area contributed by atoms with Crippen LogP contribution in [0.2, 0.25) is 5.02 Å². The van der Waals surface area contributed by atoms with Gasteiger partial charge in [0.1, 0.15) is 11.8 Å². The third kappa shape index (κ3) is 4.14. The molecule has 4 rings (SSSR count). The summed E-state index contributed by atoms with van der Waals surface area (Å²) in [7, 11) is 1.62. The molecule has 6 heteroatoms. The molecule has 3 aromatic rings. The van der Waals surface area contributed by atoms with Crippen LogP contribution < -0.4 is 4.74 Å². The lowest BCUT2D eigenvalue weighted by atomic mass is 10.0. The molecule has 0 aliphatic carbocycles. The lowest BCUT2D eigenvalue weighted by molar-refractivity contribution is -0.141. The molecular weight excluding hydrogens is 414 g/mol. The number of benzene rings is 3. The highest BCUT2D eigenvalue weighted by molar-refractivity contribution is 6.30. The van der Waals surface area contributed by atoms with Gasteiger partial charge in [0, 0.05) is 16.1 Å². The Morgan fingerprint density at radius 2 is 1.65 bits per heavy atom. The van der Waals surface area contributed by atoms with Crippen LogP contribution in [0.25, 0.3) is 11.1 Å². The molecule has 0 saturated carbocycles. The van der Waals surface area contributed by atoms with E-state index in [9.17, 15) is 14.7 Å². The van der Waals surface area contributed by atoms with Gasteiger partial charge in [0.25, 0.3) is 5.91 Å². The van der Waals surface area contributed by atoms with Crippen molar-refractivity contribution in [1.82, 2.24) is 4.90 Å². The Kier molecular flexibility index (Phi) is 5.96. The summed E-state index contributed by atoms with van der Waals surface area (Å²) in [5, 5.41) is 10.3. The number of rotatable bonds is 5. The maximum absolute atomic E-state index is 13.4. The highest BCUT2D eigenvalue weighted by Crippen LogP contribution is 2.38. The van der Waals surface area contributed by atoms with Crippen LogP contribution in [0.4, 0.5) is 0 Å². The lowest BCUT2D eigenvalue weighted by Gasteiger charge is -2.29. The Hall–Kier alpha value is -3.31. The van der Waals surface area contributed by atoms with E-state index in [0.29, 0.717) is 23.4 Å². The van der Waals surface area contributed by atoms with Gasteiger partial charge in [-0.1, -0.05) is 54.1 Å². The van der Waals surface area contributed by atoms with Crippen LogP contribution in [0.3, 0.4) is 0 Å². The van der Waals surface area contributed by atoms with E-state index in [1.807, 2.05) is 48.5 Å². The molecule has 2 atom stereocenters. The number of ether oxygens (including phenoxy) is 1. The largest absolute Gasteiger partial charge is 0.496 e. The zero-order valence-corrected chi connectivity index (χ0v) is 17.8. The van der Waals surface area contributed by atoms with Crippen molar-refractivity contribution in [3.63, 3.8) is 0 Å². The molecule has 0 aromatic heterocycles. The average Bonchev–Trinajstić information content (AvgIpc) is 3.24. The number of carboxylic acids is 1. The van der Waals surface area contributed by atoms with Crippen LogP contribution in [-0.2, 0) is 4.79 Å². The maximum atomic E-state index is 13.4. The van der Waals surface area contributed by atoms with Gasteiger partial charge in [-0.2, -0.15) is 0 Å². The summed E-state index contributed by atoms with van der Waals surface area (Å²) in [4.78, 5) is 26.7. The Morgan fingerprint density at radius 1 is 0.968 bits per heavy atom. The molecule has 5 nitrogen and oxygen atoms in total. The summed E-state index contributed by atoms with van der Waals surface area (Å²) in [6.45, 7) is 0. The molecule has 1 saturated heterocycles. The molecule has 1 heterocycles. The summed E-state index contributed by atoms with van der Waals surface area (Å²) in [5.41, 5.74) is 3.17. The molecule has 0 spiro atoms. The molecule has 0 unspecified atom stereocenters. The second-order valence-corrected chi connectivity index (χ2v) is 7.93. The van der Waals surface area contributed by atoms with Crippen LogP contribution in [0, 0.1) is 0 Å². The Labute approximate surface area is 185 Å². The van der Waals surface area contributed by atoms with Crippen molar-refractivity contribution in [2.45, 2.75) is 24.9 Å². The zero-order chi connectivity index (χ0) is 22.0. The van der Waals surface area contributed by atoms with E-state index < -0.39 is 12.0 Å².